The predicted molar refractivity (Wildman–Crippen MR) is 111 cm³/mol. The summed E-state index contributed by atoms with van der Waals surface area (Å²) < 4.78 is 7.84. The Hall–Kier alpha value is -2.38. The van der Waals surface area contributed by atoms with Crippen molar-refractivity contribution in [2.45, 2.75) is 52.7 Å². The van der Waals surface area contributed by atoms with Crippen LogP contribution in [-0.2, 0) is 17.9 Å². The second kappa shape index (κ2) is 8.32. The van der Waals surface area contributed by atoms with Gasteiger partial charge in [-0.2, -0.15) is 0 Å². The van der Waals surface area contributed by atoms with Gasteiger partial charge in [0.15, 0.2) is 5.82 Å². The molecule has 0 unspecified atom stereocenters. The Labute approximate surface area is 165 Å². The molecule has 2 aromatic heterocycles. The summed E-state index contributed by atoms with van der Waals surface area (Å²) in [5.74, 6) is 2.15. The highest BCUT2D eigenvalue weighted by atomic mass is 16.7. The molecule has 0 amide bonds. The number of nitrogen functional groups attached to an aromatic ring is 1. The molecule has 1 fully saturated rings. The van der Waals surface area contributed by atoms with Gasteiger partial charge in [-0.15, -0.1) is 5.06 Å². The van der Waals surface area contributed by atoms with Crippen LogP contribution in [0.3, 0.4) is 0 Å². The van der Waals surface area contributed by atoms with Gasteiger partial charge in [0.2, 0.25) is 0 Å². The fourth-order valence-corrected chi connectivity index (χ4v) is 3.87. The number of fused-ring (bicyclic) bond motifs is 3. The highest BCUT2D eigenvalue weighted by Crippen LogP contribution is 2.31. The first-order valence-electron chi connectivity index (χ1n) is 10.3. The Kier molecular flexibility index (Phi) is 5.64. The van der Waals surface area contributed by atoms with Crippen molar-refractivity contribution in [3.63, 3.8) is 0 Å². The molecule has 1 aliphatic heterocycles. The summed E-state index contributed by atoms with van der Waals surface area (Å²) in [6, 6.07) is 6.06. The molecule has 2 N–H and O–H groups in total. The normalized spacial score (nSPS) is 15.5. The van der Waals surface area contributed by atoms with Gasteiger partial charge in [-0.3, -0.25) is 0 Å². The summed E-state index contributed by atoms with van der Waals surface area (Å²) in [6.07, 6.45) is 4.64. The topological polar surface area (TPSA) is 78.4 Å². The van der Waals surface area contributed by atoms with E-state index < -0.39 is 0 Å². The molecule has 0 bridgehead atoms. The van der Waals surface area contributed by atoms with Crippen LogP contribution in [0.25, 0.3) is 21.9 Å². The first-order chi connectivity index (χ1) is 13.7. The molecular formula is C21H29N5O2. The minimum Gasteiger partial charge on any atom is -0.406 e. The van der Waals surface area contributed by atoms with Crippen molar-refractivity contribution in [1.29, 1.82) is 0 Å². The molecule has 28 heavy (non-hydrogen) atoms. The number of rotatable bonds is 7. The van der Waals surface area contributed by atoms with E-state index in [1.54, 1.807) is 0 Å². The maximum Gasteiger partial charge on any atom is 0.152 e. The molecule has 7 heteroatoms. The maximum absolute atomic E-state index is 6.28. The number of hydrogen-bond acceptors (Lipinski definition) is 6. The molecule has 4 rings (SSSR count). The summed E-state index contributed by atoms with van der Waals surface area (Å²) >= 11 is 0. The molecule has 7 nitrogen and oxygen atoms in total. The van der Waals surface area contributed by atoms with E-state index in [0.717, 1.165) is 59.6 Å². The van der Waals surface area contributed by atoms with Crippen molar-refractivity contribution in [3.8, 4) is 5.75 Å². The van der Waals surface area contributed by atoms with Crippen molar-refractivity contribution in [2.75, 3.05) is 25.4 Å². The van der Waals surface area contributed by atoms with Crippen LogP contribution in [0.4, 0.5) is 5.82 Å². The number of piperidine rings is 1. The summed E-state index contributed by atoms with van der Waals surface area (Å²) in [6.45, 7) is 8.08. The van der Waals surface area contributed by atoms with Gasteiger partial charge in [0, 0.05) is 37.7 Å². The lowest BCUT2D eigenvalue weighted by Gasteiger charge is -2.26. The number of hydroxylamine groups is 2. The number of aryl methyl sites for hydroxylation is 1. The van der Waals surface area contributed by atoms with Gasteiger partial charge in [0.25, 0.3) is 0 Å². The van der Waals surface area contributed by atoms with Gasteiger partial charge >= 0.3 is 0 Å². The van der Waals surface area contributed by atoms with E-state index in [0.29, 0.717) is 19.0 Å². The largest absolute Gasteiger partial charge is 0.406 e. The van der Waals surface area contributed by atoms with Crippen molar-refractivity contribution >= 4 is 27.8 Å². The van der Waals surface area contributed by atoms with E-state index in [1.807, 2.05) is 24.1 Å². The number of nitrogens with two attached hydrogens (primary N) is 1. The molecule has 0 saturated carbocycles. The molecule has 0 radical (unpaired) electrons. The molecule has 150 valence electrons. The third kappa shape index (κ3) is 3.64. The summed E-state index contributed by atoms with van der Waals surface area (Å²) in [5, 5.41) is 3.08. The Bertz CT molecular complexity index is 962. The van der Waals surface area contributed by atoms with Crippen LogP contribution in [0.5, 0.6) is 5.75 Å². The highest BCUT2D eigenvalue weighted by molar-refractivity contribution is 6.06. The number of pyridine rings is 1. The van der Waals surface area contributed by atoms with Gasteiger partial charge in [-0.05, 0) is 38.3 Å². The maximum atomic E-state index is 6.28. The monoisotopic (exact) mass is 383 g/mol. The van der Waals surface area contributed by atoms with Gasteiger partial charge in [-0.25, -0.2) is 9.97 Å². The summed E-state index contributed by atoms with van der Waals surface area (Å²) in [4.78, 5) is 15.4. The zero-order chi connectivity index (χ0) is 19.5. The smallest absolute Gasteiger partial charge is 0.152 e. The van der Waals surface area contributed by atoms with Crippen LogP contribution in [0.2, 0.25) is 0 Å². The number of ether oxygens (including phenoxy) is 1. The van der Waals surface area contributed by atoms with Crippen LogP contribution >= 0.6 is 0 Å². The highest BCUT2D eigenvalue weighted by Gasteiger charge is 2.18. The van der Waals surface area contributed by atoms with E-state index in [2.05, 4.69) is 22.5 Å². The van der Waals surface area contributed by atoms with Crippen LogP contribution in [0.15, 0.2) is 18.2 Å². The van der Waals surface area contributed by atoms with E-state index in [4.69, 9.17) is 20.3 Å². The quantitative estimate of drug-likeness (QED) is 0.667. The van der Waals surface area contributed by atoms with E-state index in [1.165, 1.54) is 19.3 Å². The lowest BCUT2D eigenvalue weighted by atomic mass is 10.1. The fourth-order valence-electron chi connectivity index (χ4n) is 3.87. The third-order valence-electron chi connectivity index (χ3n) is 5.19. The molecule has 0 aliphatic carbocycles. The van der Waals surface area contributed by atoms with Crippen LogP contribution < -0.4 is 10.6 Å². The Morgan fingerprint density at radius 2 is 1.93 bits per heavy atom. The van der Waals surface area contributed by atoms with Crippen LogP contribution in [0, 0.1) is 0 Å². The van der Waals surface area contributed by atoms with E-state index >= 15 is 0 Å². The molecule has 1 saturated heterocycles. The van der Waals surface area contributed by atoms with Crippen LogP contribution in [-0.4, -0.2) is 39.3 Å². The Balaban J connectivity index is 1.77. The molecule has 1 aromatic carbocycles. The van der Waals surface area contributed by atoms with Crippen molar-refractivity contribution in [3.05, 3.63) is 24.0 Å². The Morgan fingerprint density at radius 3 is 2.68 bits per heavy atom. The summed E-state index contributed by atoms with van der Waals surface area (Å²) in [5.41, 5.74) is 8.90. The van der Waals surface area contributed by atoms with Crippen LogP contribution in [0.1, 0.15) is 45.4 Å². The van der Waals surface area contributed by atoms with Crippen molar-refractivity contribution < 1.29 is 9.57 Å². The third-order valence-corrected chi connectivity index (χ3v) is 5.19. The average molecular weight is 383 g/mol. The molecular weight excluding hydrogens is 354 g/mol. The minimum absolute atomic E-state index is 0.449. The number of nitrogens with zero attached hydrogens (tertiary/aromatic N) is 4. The standard InChI is InChI=1S/C21H29N5O2/c1-3-10-26-18(14-27-4-2)24-19-20(26)16-9-8-15(13-17(16)23-21(19)22)28-25-11-6-5-7-12-25/h8-9,13H,3-7,10-12,14H2,1-2H3,(H2,22,23). The second-order valence-corrected chi connectivity index (χ2v) is 7.27. The SMILES string of the molecule is CCCn1c(COCC)nc2c(N)nc3cc(ON4CCCCC4)ccc3c21. The molecule has 0 spiro atoms. The minimum atomic E-state index is 0.449. The second-order valence-electron chi connectivity index (χ2n) is 7.27. The molecule has 3 aromatic rings. The van der Waals surface area contributed by atoms with Gasteiger partial charge in [0.1, 0.15) is 23.7 Å². The lowest BCUT2D eigenvalue weighted by Crippen LogP contribution is -2.32. The van der Waals surface area contributed by atoms with Crippen molar-refractivity contribution in [2.24, 2.45) is 0 Å². The number of hydrogen-bond donors (Lipinski definition) is 1. The Morgan fingerprint density at radius 1 is 1.11 bits per heavy atom. The number of benzene rings is 1. The zero-order valence-electron chi connectivity index (χ0n) is 16.8. The molecule has 3 heterocycles. The number of imidazole rings is 1. The fraction of sp³-hybridized carbons (Fsp3) is 0.524. The van der Waals surface area contributed by atoms with E-state index in [-0.39, 0.29) is 0 Å². The predicted octanol–water partition coefficient (Wildman–Crippen LogP) is 3.89. The number of aromatic nitrogens is 3. The van der Waals surface area contributed by atoms with Gasteiger partial charge in [0.05, 0.1) is 11.0 Å². The lowest BCUT2D eigenvalue weighted by molar-refractivity contribution is -0.0718. The first kappa shape index (κ1) is 19.0. The zero-order valence-corrected chi connectivity index (χ0v) is 16.8. The first-order valence-corrected chi connectivity index (χ1v) is 10.3. The molecule has 1 aliphatic rings. The summed E-state index contributed by atoms with van der Waals surface area (Å²) in [7, 11) is 0. The van der Waals surface area contributed by atoms with E-state index in [9.17, 15) is 0 Å². The van der Waals surface area contributed by atoms with Crippen molar-refractivity contribution in [1.82, 2.24) is 19.6 Å². The average Bonchev–Trinajstić information content (AvgIpc) is 3.07. The molecule has 0 atom stereocenters. The number of anilines is 1. The van der Waals surface area contributed by atoms with Gasteiger partial charge < -0.3 is 19.9 Å². The van der Waals surface area contributed by atoms with Gasteiger partial charge in [-0.1, -0.05) is 13.3 Å².